The van der Waals surface area contributed by atoms with E-state index in [0.717, 1.165) is 12.8 Å². The number of ether oxygens (including phenoxy) is 1. The minimum Gasteiger partial charge on any atom is -0.495 e. The van der Waals surface area contributed by atoms with Gasteiger partial charge in [0.1, 0.15) is 10.6 Å². The molecule has 8 nitrogen and oxygen atoms in total. The van der Waals surface area contributed by atoms with Gasteiger partial charge in [0.2, 0.25) is 5.91 Å². The molecule has 1 aromatic heterocycles. The summed E-state index contributed by atoms with van der Waals surface area (Å²) in [7, 11) is -2.90. The lowest BCUT2D eigenvalue weighted by Crippen LogP contribution is -2.27. The summed E-state index contributed by atoms with van der Waals surface area (Å²) >= 11 is 1.26. The summed E-state index contributed by atoms with van der Waals surface area (Å²) < 4.78 is 31.9. The van der Waals surface area contributed by atoms with Crippen molar-refractivity contribution in [1.29, 1.82) is 0 Å². The summed E-state index contributed by atoms with van der Waals surface area (Å²) in [6.07, 6.45) is 2.14. The Morgan fingerprint density at radius 3 is 2.61 bits per heavy atom. The zero-order chi connectivity index (χ0) is 24.0. The summed E-state index contributed by atoms with van der Waals surface area (Å²) in [5, 5.41) is 13.7. The number of hydrogen-bond acceptors (Lipinski definition) is 7. The number of unbranched alkanes of at least 4 members (excludes halogenated alkanes) is 1. The average Bonchev–Trinajstić information content (AvgIpc) is 3.17. The van der Waals surface area contributed by atoms with Gasteiger partial charge in [-0.1, -0.05) is 59.5 Å². The summed E-state index contributed by atoms with van der Waals surface area (Å²) in [6, 6.07) is 13.5. The molecule has 33 heavy (non-hydrogen) atoms. The first kappa shape index (κ1) is 24.8. The van der Waals surface area contributed by atoms with E-state index in [1.54, 1.807) is 37.3 Å². The van der Waals surface area contributed by atoms with Crippen LogP contribution in [0.2, 0.25) is 0 Å². The molecule has 0 bridgehead atoms. The fraction of sp³-hybridized carbons (Fsp3) is 0.304. The van der Waals surface area contributed by atoms with Gasteiger partial charge in [-0.2, -0.15) is 0 Å². The SMILES string of the molecule is CCCCC(=O)Nc1nc(C)c(-c2ccc(OC)c(S(=O)(=O)N(O)Cc3ccccc3)c2)s1. The molecule has 10 heteroatoms. The van der Waals surface area contributed by atoms with E-state index < -0.39 is 10.0 Å². The summed E-state index contributed by atoms with van der Waals surface area (Å²) in [6.45, 7) is 3.60. The first-order chi connectivity index (χ1) is 15.8. The molecule has 0 spiro atoms. The van der Waals surface area contributed by atoms with Gasteiger partial charge in [-0.15, -0.1) is 0 Å². The maximum atomic E-state index is 13.2. The number of amides is 1. The minimum absolute atomic E-state index is 0.105. The Balaban J connectivity index is 1.92. The van der Waals surface area contributed by atoms with Crippen molar-refractivity contribution < 1.29 is 23.2 Å². The van der Waals surface area contributed by atoms with Crippen LogP contribution in [0, 0.1) is 6.92 Å². The van der Waals surface area contributed by atoms with Crippen LogP contribution in [0.25, 0.3) is 10.4 Å². The van der Waals surface area contributed by atoms with Gasteiger partial charge in [0, 0.05) is 6.42 Å². The molecule has 0 radical (unpaired) electrons. The van der Waals surface area contributed by atoms with Crippen molar-refractivity contribution in [2.45, 2.75) is 44.6 Å². The topological polar surface area (TPSA) is 109 Å². The molecule has 2 N–H and O–H groups in total. The Morgan fingerprint density at radius 2 is 1.94 bits per heavy atom. The number of sulfonamides is 1. The van der Waals surface area contributed by atoms with Crippen molar-refractivity contribution in [2.24, 2.45) is 0 Å². The number of thiazole rings is 1. The van der Waals surface area contributed by atoms with Gasteiger partial charge in [0.25, 0.3) is 10.0 Å². The number of hydrogen-bond donors (Lipinski definition) is 2. The van der Waals surface area contributed by atoms with E-state index in [1.807, 2.05) is 13.0 Å². The number of methoxy groups -OCH3 is 1. The average molecular weight is 490 g/mol. The van der Waals surface area contributed by atoms with E-state index in [-0.39, 0.29) is 23.1 Å². The molecule has 176 valence electrons. The van der Waals surface area contributed by atoms with E-state index in [2.05, 4.69) is 10.3 Å². The Kier molecular flexibility index (Phi) is 8.20. The minimum atomic E-state index is -4.27. The van der Waals surface area contributed by atoms with Crippen LogP contribution >= 0.6 is 11.3 Å². The molecule has 0 saturated carbocycles. The third-order valence-electron chi connectivity index (χ3n) is 4.94. The molecule has 0 aliphatic heterocycles. The lowest BCUT2D eigenvalue weighted by Gasteiger charge is -2.18. The maximum absolute atomic E-state index is 13.2. The van der Waals surface area contributed by atoms with Gasteiger partial charge in [-0.3, -0.25) is 10.0 Å². The molecule has 0 aliphatic carbocycles. The fourth-order valence-electron chi connectivity index (χ4n) is 3.19. The number of benzene rings is 2. The summed E-state index contributed by atoms with van der Waals surface area (Å²) in [5.74, 6) is 0.00750. The number of carbonyl (C=O) groups is 1. The summed E-state index contributed by atoms with van der Waals surface area (Å²) in [5.41, 5.74) is 1.89. The second kappa shape index (κ2) is 10.9. The van der Waals surface area contributed by atoms with Crippen molar-refractivity contribution >= 4 is 32.4 Å². The molecule has 3 aromatic rings. The van der Waals surface area contributed by atoms with Crippen molar-refractivity contribution in [1.82, 2.24) is 9.45 Å². The van der Waals surface area contributed by atoms with Crippen LogP contribution in [0.3, 0.4) is 0 Å². The first-order valence-corrected chi connectivity index (χ1v) is 12.7. The monoisotopic (exact) mass is 489 g/mol. The van der Waals surface area contributed by atoms with Crippen LogP contribution < -0.4 is 10.1 Å². The standard InChI is InChI=1S/C23H27N3O5S2/c1-4-5-11-21(27)25-23-24-16(2)22(32-23)18-12-13-19(31-3)20(14-18)33(29,30)26(28)15-17-9-7-6-8-10-17/h6-10,12-14,28H,4-5,11,15H2,1-3H3,(H,24,25,27). The van der Waals surface area contributed by atoms with Crippen molar-refractivity contribution in [2.75, 3.05) is 12.4 Å². The van der Waals surface area contributed by atoms with E-state index in [0.29, 0.717) is 37.7 Å². The van der Waals surface area contributed by atoms with Crippen LogP contribution in [0.15, 0.2) is 53.4 Å². The second-order valence-electron chi connectivity index (χ2n) is 7.42. The Bertz CT molecular complexity index is 1210. The normalized spacial score (nSPS) is 11.5. The van der Waals surface area contributed by atoms with E-state index in [4.69, 9.17) is 4.74 Å². The fourth-order valence-corrected chi connectivity index (χ4v) is 5.40. The number of nitrogens with one attached hydrogen (secondary N) is 1. The smallest absolute Gasteiger partial charge is 0.268 e. The van der Waals surface area contributed by atoms with Crippen LogP contribution in [0.4, 0.5) is 5.13 Å². The highest BCUT2D eigenvalue weighted by Gasteiger charge is 2.28. The van der Waals surface area contributed by atoms with Gasteiger partial charge in [0.15, 0.2) is 5.13 Å². The Hall–Kier alpha value is -2.79. The third-order valence-corrected chi connectivity index (χ3v) is 7.62. The number of anilines is 1. The number of hydroxylamine groups is 1. The Labute approximate surface area is 197 Å². The highest BCUT2D eigenvalue weighted by Crippen LogP contribution is 2.37. The van der Waals surface area contributed by atoms with Gasteiger partial charge in [-0.05, 0) is 42.7 Å². The predicted molar refractivity (Wildman–Crippen MR) is 128 cm³/mol. The van der Waals surface area contributed by atoms with Crippen LogP contribution in [0.1, 0.15) is 37.4 Å². The van der Waals surface area contributed by atoms with Crippen LogP contribution in [-0.4, -0.2) is 36.1 Å². The molecule has 0 aliphatic rings. The molecule has 1 amide bonds. The van der Waals surface area contributed by atoms with Gasteiger partial charge < -0.3 is 10.1 Å². The highest BCUT2D eigenvalue weighted by molar-refractivity contribution is 7.89. The first-order valence-electron chi connectivity index (χ1n) is 10.5. The van der Waals surface area contributed by atoms with Gasteiger partial charge in [-0.25, -0.2) is 13.4 Å². The maximum Gasteiger partial charge on any atom is 0.268 e. The van der Waals surface area contributed by atoms with Crippen LogP contribution in [0.5, 0.6) is 5.75 Å². The van der Waals surface area contributed by atoms with Crippen molar-refractivity contribution in [3.8, 4) is 16.2 Å². The van der Waals surface area contributed by atoms with E-state index in [9.17, 15) is 18.4 Å². The van der Waals surface area contributed by atoms with Crippen molar-refractivity contribution in [3.05, 3.63) is 59.8 Å². The molecule has 3 rings (SSSR count). The van der Waals surface area contributed by atoms with E-state index in [1.165, 1.54) is 30.6 Å². The zero-order valence-electron chi connectivity index (χ0n) is 18.7. The number of aryl methyl sites for hydroxylation is 1. The summed E-state index contributed by atoms with van der Waals surface area (Å²) in [4.78, 5) is 17.0. The highest BCUT2D eigenvalue weighted by atomic mass is 32.2. The number of nitrogens with zero attached hydrogens (tertiary/aromatic N) is 2. The molecular formula is C23H27N3O5S2. The van der Waals surface area contributed by atoms with Crippen molar-refractivity contribution in [3.63, 3.8) is 0 Å². The zero-order valence-corrected chi connectivity index (χ0v) is 20.4. The van der Waals surface area contributed by atoms with Gasteiger partial charge in [0.05, 0.1) is 24.2 Å². The molecule has 1 heterocycles. The molecular weight excluding hydrogens is 462 g/mol. The number of aromatic nitrogens is 1. The predicted octanol–water partition coefficient (Wildman–Crippen LogP) is 4.84. The molecule has 0 saturated heterocycles. The van der Waals surface area contributed by atoms with E-state index >= 15 is 0 Å². The molecule has 0 fully saturated rings. The molecule has 2 aromatic carbocycles. The molecule has 0 unspecified atom stereocenters. The van der Waals surface area contributed by atoms with Crippen LogP contribution in [-0.2, 0) is 21.4 Å². The lowest BCUT2D eigenvalue weighted by atomic mass is 10.1. The lowest BCUT2D eigenvalue weighted by molar-refractivity contribution is -0.116. The number of rotatable bonds is 10. The second-order valence-corrected chi connectivity index (χ2v) is 10.2. The van der Waals surface area contributed by atoms with Gasteiger partial charge >= 0.3 is 0 Å². The molecule has 0 atom stereocenters. The largest absolute Gasteiger partial charge is 0.495 e. The number of carbonyl (C=O) groups excluding carboxylic acids is 1. The quantitative estimate of drug-likeness (QED) is 0.395. The Morgan fingerprint density at radius 1 is 1.21 bits per heavy atom. The third kappa shape index (κ3) is 5.97.